The van der Waals surface area contributed by atoms with Gasteiger partial charge in [0.15, 0.2) is 11.7 Å². The second kappa shape index (κ2) is 30.8. The summed E-state index contributed by atoms with van der Waals surface area (Å²) < 4.78 is 11.9. The van der Waals surface area contributed by atoms with Gasteiger partial charge in [-0.15, -0.1) is 0 Å². The molecule has 19 atom stereocenters. The first kappa shape index (κ1) is 61.3. The number of hydrogen-bond acceptors (Lipinski definition) is 15. The van der Waals surface area contributed by atoms with Gasteiger partial charge in [-0.2, -0.15) is 0 Å². The highest BCUT2D eigenvalue weighted by Crippen LogP contribution is 2.36. The zero-order valence-corrected chi connectivity index (χ0v) is 42.0. The molecule has 0 radical (unpaired) electrons. The Balaban J connectivity index is 2.31. The molecule has 0 aromatic carbocycles. The van der Waals surface area contributed by atoms with Crippen molar-refractivity contribution in [3.8, 4) is 0 Å². The van der Waals surface area contributed by atoms with Gasteiger partial charge in [0.05, 0.1) is 61.0 Å². The number of guanidine groups is 1. The molecule has 0 aliphatic carbocycles. The number of nitrogens with one attached hydrogen (secondary N) is 1. The number of carbonyl (C=O) groups is 1. The van der Waals surface area contributed by atoms with E-state index in [0.717, 1.165) is 37.8 Å². The molecule has 0 saturated carbocycles. The van der Waals surface area contributed by atoms with E-state index in [1.807, 2.05) is 20.8 Å². The molecule has 1 fully saturated rings. The summed E-state index contributed by atoms with van der Waals surface area (Å²) in [6, 6.07) is 0. The van der Waals surface area contributed by atoms with Gasteiger partial charge in [0.1, 0.15) is 12.2 Å². The minimum absolute atomic E-state index is 0.101. The maximum absolute atomic E-state index is 13.4. The molecule has 0 aromatic rings. The van der Waals surface area contributed by atoms with Crippen LogP contribution in [0.25, 0.3) is 0 Å². The summed E-state index contributed by atoms with van der Waals surface area (Å²) in [5, 5.41) is 124. The van der Waals surface area contributed by atoms with Crippen LogP contribution in [-0.2, 0) is 14.3 Å². The number of hydrogen-bond donors (Lipinski definition) is 13. The first-order valence-corrected chi connectivity index (χ1v) is 24.9. The van der Waals surface area contributed by atoms with Crippen molar-refractivity contribution in [1.82, 2.24) is 5.32 Å². The largest absolute Gasteiger partial charge is 0.458 e. The Morgan fingerprint density at radius 1 is 0.779 bits per heavy atom. The van der Waals surface area contributed by atoms with E-state index in [2.05, 4.69) is 28.5 Å². The fourth-order valence-corrected chi connectivity index (χ4v) is 9.00. The minimum Gasteiger partial charge on any atom is -0.458 e. The van der Waals surface area contributed by atoms with Gasteiger partial charge in [-0.25, -0.2) is 4.79 Å². The number of fused-ring (bicyclic) bond motifs is 2. The summed E-state index contributed by atoms with van der Waals surface area (Å²) >= 11 is 0. The highest BCUT2D eigenvalue weighted by atomic mass is 16.7. The van der Waals surface area contributed by atoms with Gasteiger partial charge >= 0.3 is 5.97 Å². The van der Waals surface area contributed by atoms with E-state index >= 15 is 0 Å². The molecule has 2 heterocycles. The molecule has 2 aliphatic heterocycles. The van der Waals surface area contributed by atoms with Crippen LogP contribution in [-0.4, -0.2) is 161 Å². The molecule has 0 spiro atoms. The highest BCUT2D eigenvalue weighted by Gasteiger charge is 2.50. The Bertz CT molecular complexity index is 1600. The van der Waals surface area contributed by atoms with E-state index < -0.39 is 121 Å². The van der Waals surface area contributed by atoms with Gasteiger partial charge in [0.2, 0.25) is 0 Å². The van der Waals surface area contributed by atoms with Gasteiger partial charge in [-0.05, 0) is 83.0 Å². The quantitative estimate of drug-likeness (QED) is 0.0492. The van der Waals surface area contributed by atoms with Crippen LogP contribution in [0, 0.1) is 35.5 Å². The molecule has 19 unspecified atom stereocenters. The average molecular weight is 970 g/mol. The third kappa shape index (κ3) is 21.7. The summed E-state index contributed by atoms with van der Waals surface area (Å²) in [6.07, 6.45) is 1.63. The number of nitrogens with two attached hydrogens (primary N) is 1. The summed E-state index contributed by atoms with van der Waals surface area (Å²) in [6.45, 7) is 13.3. The standard InChI is InChI=1S/C51H91N3O14/c1-30(15-13-11-9-10-12-14-22-54-50(52)53-8)23-34(5)48-33(4)17-20-41(58)35(6)43(60)26-38(56)24-37(55)25-39-27-45(62)49(65)51(66,68-39)29-46(63)32(3)16-19-40(57)36(7)44(61)28-42(59)31(2)18-21-47(64)67-48/h9-10,15,17-18,20-21,31-46,48-49,55-63,65-66H,11-14,16,19,22-29H2,1-8H3,(H3,52,53,54)/b10-9+,20-17+,21-18-,30-15+. The third-order valence-electron chi connectivity index (χ3n) is 14.0. The number of rotatable bonds is 10. The van der Waals surface area contributed by atoms with Crippen LogP contribution in [0.5, 0.6) is 0 Å². The number of aliphatic hydroxyl groups is 11. The molecule has 0 aromatic heterocycles. The van der Waals surface area contributed by atoms with Crippen LogP contribution < -0.4 is 11.1 Å². The SMILES string of the molecule is CN=C(N)NCCC/C=C/CC/C=C(\C)CC(C)C1OC(=O)/C=C\C(C)C(O)CC(O)C(C)C(O)CCC(C)C(O)CC2(O)OC(CC(O)CC(O)CC(O)C(C)C(O)/C=C/C1C)CC(O)C2O. The summed E-state index contributed by atoms with van der Waals surface area (Å²) in [7, 11) is 1.64. The lowest BCUT2D eigenvalue weighted by Gasteiger charge is -2.45. The predicted octanol–water partition coefficient (Wildman–Crippen LogP) is 2.65. The van der Waals surface area contributed by atoms with E-state index in [4.69, 9.17) is 15.2 Å². The Labute approximate surface area is 405 Å². The topological polar surface area (TPSA) is 308 Å². The second-order valence-electron chi connectivity index (χ2n) is 20.2. The van der Waals surface area contributed by atoms with Crippen molar-refractivity contribution in [2.24, 2.45) is 46.2 Å². The molecule has 0 amide bonds. The lowest BCUT2D eigenvalue weighted by atomic mass is 9.84. The van der Waals surface area contributed by atoms with Crippen molar-refractivity contribution >= 4 is 11.9 Å². The van der Waals surface area contributed by atoms with Crippen LogP contribution in [0.15, 0.2) is 53.1 Å². The van der Waals surface area contributed by atoms with Crippen molar-refractivity contribution in [1.29, 1.82) is 0 Å². The highest BCUT2D eigenvalue weighted by molar-refractivity contribution is 5.82. The molecular weight excluding hydrogens is 879 g/mol. The van der Waals surface area contributed by atoms with Gasteiger partial charge in [-0.3, -0.25) is 4.99 Å². The first-order chi connectivity index (χ1) is 31.9. The maximum atomic E-state index is 13.4. The van der Waals surface area contributed by atoms with Crippen molar-refractivity contribution in [3.63, 3.8) is 0 Å². The van der Waals surface area contributed by atoms with Crippen LogP contribution in [0.1, 0.15) is 132 Å². The van der Waals surface area contributed by atoms with Gasteiger partial charge in [-0.1, -0.05) is 83.6 Å². The number of allylic oxidation sites excluding steroid dienone is 4. The Morgan fingerprint density at radius 2 is 1.43 bits per heavy atom. The lowest BCUT2D eigenvalue weighted by Crippen LogP contribution is -2.59. The van der Waals surface area contributed by atoms with Gasteiger partial charge < -0.3 is 76.7 Å². The zero-order chi connectivity index (χ0) is 51.3. The van der Waals surface area contributed by atoms with Gasteiger partial charge in [0, 0.05) is 62.6 Å². The number of ether oxygens (including phenoxy) is 2. The fraction of sp³-hybridized carbons (Fsp3) is 0.804. The summed E-state index contributed by atoms with van der Waals surface area (Å²) in [5.74, 6) is -5.72. The number of aliphatic imine (C=N–C) groups is 1. The molecule has 1 saturated heterocycles. The number of esters is 1. The van der Waals surface area contributed by atoms with Crippen molar-refractivity contribution < 1.29 is 70.4 Å². The monoisotopic (exact) mass is 970 g/mol. The molecule has 17 heteroatoms. The number of nitrogens with zero attached hydrogens (tertiary/aromatic N) is 1. The number of cyclic esters (lactones) is 1. The molecule has 394 valence electrons. The smallest absolute Gasteiger partial charge is 0.330 e. The Morgan fingerprint density at radius 3 is 2.10 bits per heavy atom. The van der Waals surface area contributed by atoms with Crippen LogP contribution in [0.2, 0.25) is 0 Å². The first-order valence-electron chi connectivity index (χ1n) is 24.9. The summed E-state index contributed by atoms with van der Waals surface area (Å²) in [4.78, 5) is 17.3. The van der Waals surface area contributed by atoms with E-state index in [1.165, 1.54) is 18.2 Å². The van der Waals surface area contributed by atoms with Gasteiger partial charge in [0.25, 0.3) is 0 Å². The van der Waals surface area contributed by atoms with Crippen LogP contribution in [0.3, 0.4) is 0 Å². The van der Waals surface area contributed by atoms with E-state index in [-0.39, 0.29) is 50.9 Å². The average Bonchev–Trinajstić information content (AvgIpc) is 3.27. The molecule has 2 bridgehead atoms. The Hall–Kier alpha value is -2.78. The van der Waals surface area contributed by atoms with Crippen molar-refractivity contribution in [2.45, 2.75) is 211 Å². The molecule has 68 heavy (non-hydrogen) atoms. The number of aliphatic hydroxyl groups excluding tert-OH is 10. The normalized spacial score (nSPS) is 40.5. The number of carbonyl (C=O) groups excluding carboxylic acids is 1. The number of unbranched alkanes of at least 4 members (excludes halogenated alkanes) is 2. The lowest BCUT2D eigenvalue weighted by molar-refractivity contribution is -0.333. The molecule has 17 nitrogen and oxygen atoms in total. The molecule has 2 aliphatic rings. The van der Waals surface area contributed by atoms with Crippen molar-refractivity contribution in [3.05, 3.63) is 48.1 Å². The molecular formula is C51H91N3O14. The minimum atomic E-state index is -2.38. The van der Waals surface area contributed by atoms with Crippen LogP contribution in [0.4, 0.5) is 0 Å². The summed E-state index contributed by atoms with van der Waals surface area (Å²) in [5.41, 5.74) is 6.78. The third-order valence-corrected chi connectivity index (χ3v) is 14.0. The molecule has 2 rings (SSSR count). The predicted molar refractivity (Wildman–Crippen MR) is 262 cm³/mol. The Kier molecular flexibility index (Phi) is 27.8. The molecule has 14 N–H and O–H groups in total. The maximum Gasteiger partial charge on any atom is 0.330 e. The van der Waals surface area contributed by atoms with E-state index in [1.54, 1.807) is 40.8 Å². The van der Waals surface area contributed by atoms with E-state index in [0.29, 0.717) is 12.4 Å². The van der Waals surface area contributed by atoms with Crippen LogP contribution >= 0.6 is 0 Å². The zero-order valence-electron chi connectivity index (χ0n) is 42.0. The second-order valence-corrected chi connectivity index (χ2v) is 20.2. The van der Waals surface area contributed by atoms with E-state index in [9.17, 15) is 61.0 Å². The van der Waals surface area contributed by atoms with Crippen molar-refractivity contribution in [2.75, 3.05) is 13.6 Å². The fourth-order valence-electron chi connectivity index (χ4n) is 9.00.